The lowest BCUT2D eigenvalue weighted by Gasteiger charge is -2.55. The van der Waals surface area contributed by atoms with E-state index in [0.717, 1.165) is 50.8 Å². The Morgan fingerprint density at radius 3 is 2.45 bits per heavy atom. The van der Waals surface area contributed by atoms with Crippen LogP contribution in [0.2, 0.25) is 0 Å². The lowest BCUT2D eigenvalue weighted by Crippen LogP contribution is -2.70. The highest BCUT2D eigenvalue weighted by Gasteiger charge is 2.43. The number of para-hydroxylation sites is 1. The van der Waals surface area contributed by atoms with Gasteiger partial charge in [0.2, 0.25) is 0 Å². The van der Waals surface area contributed by atoms with Crippen molar-refractivity contribution in [1.29, 1.82) is 0 Å². The fourth-order valence-corrected chi connectivity index (χ4v) is 4.90. The van der Waals surface area contributed by atoms with E-state index in [4.69, 9.17) is 9.47 Å². The van der Waals surface area contributed by atoms with Crippen LogP contribution >= 0.6 is 0 Å². The third-order valence-corrected chi connectivity index (χ3v) is 6.36. The quantitative estimate of drug-likeness (QED) is 0.715. The van der Waals surface area contributed by atoms with Crippen LogP contribution in [0, 0.1) is 0 Å². The number of carbonyl (C=O) groups is 1. The molecule has 1 unspecified atom stereocenters. The summed E-state index contributed by atoms with van der Waals surface area (Å²) in [6.45, 7) is 10.0. The molecule has 0 aliphatic carbocycles. The maximum Gasteiger partial charge on any atom is 0.260 e. The standard InChI is InChI=1S/C25H33N3O3/c1-25(2)19-26(15-20-9-11-22(30-3)12-10-20)16-21-17-27(13-14-28(21)25)24(29)18-31-23-7-5-4-6-8-23/h4-12,21H,13-19H2,1-3H3. The number of nitrogens with zero attached hydrogens (tertiary/aromatic N) is 3. The first-order valence-electron chi connectivity index (χ1n) is 11.0. The van der Waals surface area contributed by atoms with E-state index in [2.05, 4.69) is 35.8 Å². The molecule has 1 amide bonds. The summed E-state index contributed by atoms with van der Waals surface area (Å²) < 4.78 is 11.0. The van der Waals surface area contributed by atoms with Crippen LogP contribution in [-0.4, -0.2) is 78.6 Å². The SMILES string of the molecule is COc1ccc(CN2CC3CN(C(=O)COc4ccccc4)CCN3C(C)(C)C2)cc1. The number of amides is 1. The monoisotopic (exact) mass is 423 g/mol. The van der Waals surface area contributed by atoms with E-state index < -0.39 is 0 Å². The number of fused-ring (bicyclic) bond motifs is 1. The second-order valence-corrected chi connectivity index (χ2v) is 9.12. The molecule has 0 spiro atoms. The van der Waals surface area contributed by atoms with Gasteiger partial charge in [0.05, 0.1) is 7.11 Å². The minimum absolute atomic E-state index is 0.0635. The average Bonchev–Trinajstić information content (AvgIpc) is 2.78. The summed E-state index contributed by atoms with van der Waals surface area (Å²) in [7, 11) is 1.69. The molecule has 31 heavy (non-hydrogen) atoms. The van der Waals surface area contributed by atoms with Gasteiger partial charge in [-0.2, -0.15) is 0 Å². The summed E-state index contributed by atoms with van der Waals surface area (Å²) in [5, 5.41) is 0. The molecule has 2 heterocycles. The maximum atomic E-state index is 12.8. The van der Waals surface area contributed by atoms with E-state index in [9.17, 15) is 4.79 Å². The molecule has 6 heteroatoms. The van der Waals surface area contributed by atoms with Gasteiger partial charge in [0.1, 0.15) is 11.5 Å². The summed E-state index contributed by atoms with van der Waals surface area (Å²) in [5.41, 5.74) is 1.36. The largest absolute Gasteiger partial charge is 0.497 e. The van der Waals surface area contributed by atoms with Crippen molar-refractivity contribution >= 4 is 5.91 Å². The molecule has 0 bridgehead atoms. The highest BCUT2D eigenvalue weighted by atomic mass is 16.5. The van der Waals surface area contributed by atoms with Gasteiger partial charge in [-0.1, -0.05) is 30.3 Å². The van der Waals surface area contributed by atoms with Gasteiger partial charge in [-0.25, -0.2) is 0 Å². The van der Waals surface area contributed by atoms with Crippen LogP contribution < -0.4 is 9.47 Å². The van der Waals surface area contributed by atoms with Gasteiger partial charge >= 0.3 is 0 Å². The Kier molecular flexibility index (Phi) is 6.49. The minimum atomic E-state index is 0.0635. The number of benzene rings is 2. The molecule has 2 aromatic rings. The number of hydrogen-bond donors (Lipinski definition) is 0. The Balaban J connectivity index is 1.37. The summed E-state index contributed by atoms with van der Waals surface area (Å²) in [6, 6.07) is 18.2. The smallest absolute Gasteiger partial charge is 0.260 e. The van der Waals surface area contributed by atoms with Gasteiger partial charge in [-0.3, -0.25) is 14.6 Å². The lowest BCUT2D eigenvalue weighted by atomic mass is 9.92. The van der Waals surface area contributed by atoms with Gasteiger partial charge in [0.25, 0.3) is 5.91 Å². The third-order valence-electron chi connectivity index (χ3n) is 6.36. The van der Waals surface area contributed by atoms with Crippen LogP contribution in [0.3, 0.4) is 0 Å². The fraction of sp³-hybridized carbons (Fsp3) is 0.480. The highest BCUT2D eigenvalue weighted by molar-refractivity contribution is 5.78. The van der Waals surface area contributed by atoms with Crippen LogP contribution in [-0.2, 0) is 11.3 Å². The van der Waals surface area contributed by atoms with Crippen molar-refractivity contribution in [2.75, 3.05) is 46.4 Å². The second-order valence-electron chi connectivity index (χ2n) is 9.12. The van der Waals surface area contributed by atoms with Gasteiger partial charge < -0.3 is 14.4 Å². The first-order valence-corrected chi connectivity index (χ1v) is 11.0. The van der Waals surface area contributed by atoms with Crippen molar-refractivity contribution in [3.63, 3.8) is 0 Å². The Labute approximate surface area is 185 Å². The number of rotatable bonds is 6. The predicted octanol–water partition coefficient (Wildman–Crippen LogP) is 2.88. The molecule has 2 aliphatic heterocycles. The maximum absolute atomic E-state index is 12.8. The Bertz CT molecular complexity index is 869. The number of methoxy groups -OCH3 is 1. The molecular weight excluding hydrogens is 390 g/mol. The third kappa shape index (κ3) is 5.20. The molecule has 0 saturated carbocycles. The van der Waals surface area contributed by atoms with E-state index in [1.54, 1.807) is 7.11 Å². The first kappa shape index (κ1) is 21.7. The zero-order valence-corrected chi connectivity index (χ0v) is 18.8. The normalized spacial score (nSPS) is 21.4. The number of carbonyl (C=O) groups excluding carboxylic acids is 1. The minimum Gasteiger partial charge on any atom is -0.497 e. The van der Waals surface area contributed by atoms with Gasteiger partial charge in [-0.05, 0) is 43.7 Å². The Morgan fingerprint density at radius 2 is 1.74 bits per heavy atom. The molecule has 6 nitrogen and oxygen atoms in total. The van der Waals surface area contributed by atoms with Crippen LogP contribution in [0.1, 0.15) is 19.4 Å². The molecule has 2 saturated heterocycles. The first-order chi connectivity index (χ1) is 14.9. The number of ether oxygens (including phenoxy) is 2. The van der Waals surface area contributed by atoms with Gasteiger partial charge in [0, 0.05) is 50.8 Å². The van der Waals surface area contributed by atoms with Crippen molar-refractivity contribution in [2.45, 2.75) is 32.0 Å². The van der Waals surface area contributed by atoms with Crippen molar-refractivity contribution in [3.05, 3.63) is 60.2 Å². The van der Waals surface area contributed by atoms with E-state index >= 15 is 0 Å². The molecule has 2 fully saturated rings. The molecule has 0 N–H and O–H groups in total. The molecular formula is C25H33N3O3. The molecule has 2 aliphatic rings. The van der Waals surface area contributed by atoms with Crippen molar-refractivity contribution in [3.8, 4) is 11.5 Å². The number of piperazine rings is 2. The van der Waals surface area contributed by atoms with Crippen LogP contribution in [0.15, 0.2) is 54.6 Å². The van der Waals surface area contributed by atoms with E-state index in [1.165, 1.54) is 5.56 Å². The van der Waals surface area contributed by atoms with Crippen LogP contribution in [0.25, 0.3) is 0 Å². The summed E-state index contributed by atoms with van der Waals surface area (Å²) >= 11 is 0. The molecule has 0 radical (unpaired) electrons. The molecule has 0 aromatic heterocycles. The molecule has 166 valence electrons. The van der Waals surface area contributed by atoms with Gasteiger partial charge in [-0.15, -0.1) is 0 Å². The second kappa shape index (κ2) is 9.28. The topological polar surface area (TPSA) is 45.3 Å². The summed E-state index contributed by atoms with van der Waals surface area (Å²) in [5.74, 6) is 1.68. The van der Waals surface area contributed by atoms with Crippen molar-refractivity contribution < 1.29 is 14.3 Å². The summed E-state index contributed by atoms with van der Waals surface area (Å²) in [6.07, 6.45) is 0. The van der Waals surface area contributed by atoms with Crippen molar-refractivity contribution in [2.24, 2.45) is 0 Å². The van der Waals surface area contributed by atoms with E-state index in [1.807, 2.05) is 47.4 Å². The van der Waals surface area contributed by atoms with Crippen LogP contribution in [0.5, 0.6) is 11.5 Å². The van der Waals surface area contributed by atoms with Crippen molar-refractivity contribution in [1.82, 2.24) is 14.7 Å². The Hall–Kier alpha value is -2.57. The average molecular weight is 424 g/mol. The summed E-state index contributed by atoms with van der Waals surface area (Å²) in [4.78, 5) is 19.9. The molecule has 1 atom stereocenters. The number of hydrogen-bond acceptors (Lipinski definition) is 5. The van der Waals surface area contributed by atoms with E-state index in [-0.39, 0.29) is 18.1 Å². The zero-order chi connectivity index (χ0) is 21.8. The van der Waals surface area contributed by atoms with Crippen LogP contribution in [0.4, 0.5) is 0 Å². The zero-order valence-electron chi connectivity index (χ0n) is 18.8. The Morgan fingerprint density at radius 1 is 1.00 bits per heavy atom. The molecule has 2 aromatic carbocycles. The van der Waals surface area contributed by atoms with E-state index in [0.29, 0.717) is 6.04 Å². The predicted molar refractivity (Wildman–Crippen MR) is 121 cm³/mol. The molecule has 4 rings (SSSR count). The highest BCUT2D eigenvalue weighted by Crippen LogP contribution is 2.29. The van der Waals surface area contributed by atoms with Gasteiger partial charge in [0.15, 0.2) is 6.61 Å². The lowest BCUT2D eigenvalue weighted by molar-refractivity contribution is -0.141. The fourth-order valence-electron chi connectivity index (χ4n) is 4.90.